The molecule has 1 aliphatic heterocycles. The van der Waals surface area contributed by atoms with E-state index < -0.39 is 0 Å². The third kappa shape index (κ3) is 3.71. The van der Waals surface area contributed by atoms with E-state index in [1.165, 1.54) is 0 Å². The van der Waals surface area contributed by atoms with Crippen molar-refractivity contribution in [3.8, 4) is 0 Å². The van der Waals surface area contributed by atoms with Crippen LogP contribution in [0.1, 0.15) is 33.1 Å². The van der Waals surface area contributed by atoms with E-state index in [0.29, 0.717) is 25.2 Å². The molecule has 0 spiro atoms. The lowest BCUT2D eigenvalue weighted by molar-refractivity contribution is 0.0926. The molecule has 0 unspecified atom stereocenters. The SMILES string of the molecule is Cc1ccc2nc(C)cc(C(=O)N[C@H]3COC[C@H]3Cc3cc(C)no3)c2c1. The van der Waals surface area contributed by atoms with Crippen molar-refractivity contribution in [3.05, 3.63) is 58.6 Å². The predicted octanol–water partition coefficient (Wildman–Crippen LogP) is 3.14. The van der Waals surface area contributed by atoms with E-state index >= 15 is 0 Å². The van der Waals surface area contributed by atoms with Crippen LogP contribution in [0.15, 0.2) is 34.9 Å². The summed E-state index contributed by atoms with van der Waals surface area (Å²) in [6.07, 6.45) is 0.695. The van der Waals surface area contributed by atoms with Crippen molar-refractivity contribution in [1.29, 1.82) is 0 Å². The zero-order valence-electron chi connectivity index (χ0n) is 15.8. The van der Waals surface area contributed by atoms with Gasteiger partial charge in [-0.05, 0) is 39.0 Å². The summed E-state index contributed by atoms with van der Waals surface area (Å²) in [6.45, 7) is 6.92. The molecule has 0 bridgehead atoms. The Balaban J connectivity index is 1.56. The first-order valence-corrected chi connectivity index (χ1v) is 9.18. The highest BCUT2D eigenvalue weighted by molar-refractivity contribution is 6.06. The van der Waals surface area contributed by atoms with Crippen molar-refractivity contribution >= 4 is 16.8 Å². The summed E-state index contributed by atoms with van der Waals surface area (Å²) >= 11 is 0. The largest absolute Gasteiger partial charge is 0.379 e. The van der Waals surface area contributed by atoms with Crippen LogP contribution in [-0.2, 0) is 11.2 Å². The number of rotatable bonds is 4. The fourth-order valence-corrected chi connectivity index (χ4v) is 3.64. The zero-order chi connectivity index (χ0) is 19.0. The summed E-state index contributed by atoms with van der Waals surface area (Å²) in [7, 11) is 0. The van der Waals surface area contributed by atoms with Gasteiger partial charge in [0.15, 0.2) is 0 Å². The van der Waals surface area contributed by atoms with E-state index in [1.54, 1.807) is 0 Å². The number of ether oxygens (including phenoxy) is 1. The number of pyridine rings is 1. The maximum atomic E-state index is 13.1. The standard InChI is InChI=1S/C21H23N3O3/c1-12-4-5-19-17(6-12)18(8-13(2)22-19)21(25)23-20-11-26-10-15(20)9-16-7-14(3)24-27-16/h4-8,15,20H,9-11H2,1-3H3,(H,23,25)/t15-,20+/m1/s1. The molecule has 2 atom stereocenters. The quantitative estimate of drug-likeness (QED) is 0.769. The van der Waals surface area contributed by atoms with Crippen molar-refractivity contribution in [1.82, 2.24) is 15.5 Å². The number of nitrogens with zero attached hydrogens (tertiary/aromatic N) is 2. The zero-order valence-corrected chi connectivity index (χ0v) is 15.8. The number of aromatic nitrogens is 2. The Morgan fingerprint density at radius 1 is 1.15 bits per heavy atom. The van der Waals surface area contributed by atoms with Crippen LogP contribution < -0.4 is 5.32 Å². The van der Waals surface area contributed by atoms with Gasteiger partial charge in [0.1, 0.15) is 5.76 Å². The molecule has 1 aromatic carbocycles. The van der Waals surface area contributed by atoms with Gasteiger partial charge in [-0.25, -0.2) is 0 Å². The molecule has 0 aliphatic carbocycles. The van der Waals surface area contributed by atoms with Crippen molar-refractivity contribution in [2.24, 2.45) is 5.92 Å². The van der Waals surface area contributed by atoms with Crippen LogP contribution in [-0.4, -0.2) is 35.3 Å². The first-order chi connectivity index (χ1) is 13.0. The first kappa shape index (κ1) is 17.7. The highest BCUT2D eigenvalue weighted by Gasteiger charge is 2.31. The molecule has 6 nitrogen and oxygen atoms in total. The number of fused-ring (bicyclic) bond motifs is 1. The number of aryl methyl sites for hydroxylation is 3. The van der Waals surface area contributed by atoms with Gasteiger partial charge in [-0.2, -0.15) is 0 Å². The van der Waals surface area contributed by atoms with Crippen LogP contribution in [0.25, 0.3) is 10.9 Å². The summed E-state index contributed by atoms with van der Waals surface area (Å²) < 4.78 is 11.0. The summed E-state index contributed by atoms with van der Waals surface area (Å²) in [6, 6.07) is 9.70. The molecular formula is C21H23N3O3. The number of benzene rings is 1. The van der Waals surface area contributed by atoms with E-state index in [9.17, 15) is 4.79 Å². The highest BCUT2D eigenvalue weighted by atomic mass is 16.5. The third-order valence-electron chi connectivity index (χ3n) is 4.99. The Bertz CT molecular complexity index is 996. The van der Waals surface area contributed by atoms with E-state index in [1.807, 2.05) is 51.1 Å². The molecular weight excluding hydrogens is 342 g/mol. The Morgan fingerprint density at radius 3 is 2.78 bits per heavy atom. The van der Waals surface area contributed by atoms with Gasteiger partial charge in [0.25, 0.3) is 5.91 Å². The van der Waals surface area contributed by atoms with Gasteiger partial charge in [0.05, 0.1) is 36.0 Å². The molecule has 1 aliphatic rings. The minimum Gasteiger partial charge on any atom is -0.379 e. The normalized spacial score (nSPS) is 19.5. The molecule has 1 N–H and O–H groups in total. The van der Waals surface area contributed by atoms with Crippen molar-refractivity contribution < 1.29 is 14.1 Å². The molecule has 3 heterocycles. The number of carbonyl (C=O) groups is 1. The first-order valence-electron chi connectivity index (χ1n) is 9.18. The van der Waals surface area contributed by atoms with Gasteiger partial charge >= 0.3 is 0 Å². The van der Waals surface area contributed by atoms with Crippen LogP contribution in [0, 0.1) is 26.7 Å². The van der Waals surface area contributed by atoms with Gasteiger partial charge in [-0.15, -0.1) is 0 Å². The van der Waals surface area contributed by atoms with Crippen molar-refractivity contribution in [2.45, 2.75) is 33.2 Å². The molecule has 1 fully saturated rings. The molecule has 6 heteroatoms. The van der Waals surface area contributed by atoms with Gasteiger partial charge in [0.2, 0.25) is 0 Å². The Kier molecular flexibility index (Phi) is 4.66. The Morgan fingerprint density at radius 2 is 2.00 bits per heavy atom. The van der Waals surface area contributed by atoms with E-state index in [4.69, 9.17) is 9.26 Å². The van der Waals surface area contributed by atoms with E-state index in [2.05, 4.69) is 15.5 Å². The fourth-order valence-electron chi connectivity index (χ4n) is 3.64. The molecule has 27 heavy (non-hydrogen) atoms. The fraction of sp³-hybridized carbons (Fsp3) is 0.381. The van der Waals surface area contributed by atoms with Gasteiger partial charge < -0.3 is 14.6 Å². The molecule has 3 aromatic rings. The molecule has 0 radical (unpaired) electrons. The topological polar surface area (TPSA) is 77.2 Å². The number of amides is 1. The summed E-state index contributed by atoms with van der Waals surface area (Å²) in [5.74, 6) is 0.894. The van der Waals surface area contributed by atoms with Crippen LogP contribution >= 0.6 is 0 Å². The molecule has 140 valence electrons. The lowest BCUT2D eigenvalue weighted by Gasteiger charge is -2.19. The molecule has 1 amide bonds. The minimum atomic E-state index is -0.0923. The van der Waals surface area contributed by atoms with Crippen molar-refractivity contribution in [3.63, 3.8) is 0 Å². The maximum absolute atomic E-state index is 13.1. The average Bonchev–Trinajstić information content (AvgIpc) is 3.24. The predicted molar refractivity (Wildman–Crippen MR) is 102 cm³/mol. The number of hydrogen-bond donors (Lipinski definition) is 1. The molecule has 0 saturated carbocycles. The lowest BCUT2D eigenvalue weighted by Crippen LogP contribution is -2.40. The number of hydrogen-bond acceptors (Lipinski definition) is 5. The Hall–Kier alpha value is -2.73. The van der Waals surface area contributed by atoms with Crippen LogP contribution in [0.3, 0.4) is 0 Å². The summed E-state index contributed by atoms with van der Waals surface area (Å²) in [5, 5.41) is 7.97. The molecule has 2 aromatic heterocycles. The number of carbonyl (C=O) groups excluding carboxylic acids is 1. The third-order valence-corrected chi connectivity index (χ3v) is 4.99. The maximum Gasteiger partial charge on any atom is 0.252 e. The Labute approximate surface area is 157 Å². The van der Waals surface area contributed by atoms with Crippen LogP contribution in [0.2, 0.25) is 0 Å². The van der Waals surface area contributed by atoms with Gasteiger partial charge in [-0.1, -0.05) is 16.8 Å². The van der Waals surface area contributed by atoms with Crippen LogP contribution in [0.4, 0.5) is 0 Å². The van der Waals surface area contributed by atoms with E-state index in [-0.39, 0.29) is 17.9 Å². The average molecular weight is 365 g/mol. The molecule has 1 saturated heterocycles. The smallest absolute Gasteiger partial charge is 0.252 e. The van der Waals surface area contributed by atoms with Crippen LogP contribution in [0.5, 0.6) is 0 Å². The van der Waals surface area contributed by atoms with Crippen molar-refractivity contribution in [2.75, 3.05) is 13.2 Å². The second-order valence-corrected chi connectivity index (χ2v) is 7.35. The van der Waals surface area contributed by atoms with E-state index in [0.717, 1.165) is 33.6 Å². The summed E-state index contributed by atoms with van der Waals surface area (Å²) in [5.41, 5.74) is 4.28. The highest BCUT2D eigenvalue weighted by Crippen LogP contribution is 2.23. The van der Waals surface area contributed by atoms with Gasteiger partial charge in [-0.3, -0.25) is 9.78 Å². The number of nitrogens with one attached hydrogen (secondary N) is 1. The second kappa shape index (κ2) is 7.12. The van der Waals surface area contributed by atoms with Gasteiger partial charge in [0, 0.05) is 29.5 Å². The second-order valence-electron chi connectivity index (χ2n) is 7.35. The molecule has 4 rings (SSSR count). The monoisotopic (exact) mass is 365 g/mol. The summed E-state index contributed by atoms with van der Waals surface area (Å²) in [4.78, 5) is 17.6. The minimum absolute atomic E-state index is 0.0590. The lowest BCUT2D eigenvalue weighted by atomic mass is 9.97.